The summed E-state index contributed by atoms with van der Waals surface area (Å²) in [6, 6.07) is 11.4. The standard InChI is InChI=1S/C15H15ClN2O2/c1-2-13(10-6-4-3-5-7-10)18-14-12(16)8-11(9-17-14)15(19)20/h3-9,13H,2H2,1H3,(H,17,18)(H,19,20). The molecule has 0 radical (unpaired) electrons. The van der Waals surface area contributed by atoms with E-state index < -0.39 is 5.97 Å². The van der Waals surface area contributed by atoms with Crippen molar-refractivity contribution < 1.29 is 9.90 Å². The normalized spacial score (nSPS) is 11.9. The number of pyridine rings is 1. The molecule has 0 aliphatic heterocycles. The summed E-state index contributed by atoms with van der Waals surface area (Å²) < 4.78 is 0. The van der Waals surface area contributed by atoms with Crippen LogP contribution in [0.3, 0.4) is 0 Å². The summed E-state index contributed by atoms with van der Waals surface area (Å²) in [7, 11) is 0. The zero-order chi connectivity index (χ0) is 14.5. The quantitative estimate of drug-likeness (QED) is 0.874. The van der Waals surface area contributed by atoms with Crippen LogP contribution in [0, 0.1) is 0 Å². The van der Waals surface area contributed by atoms with Gasteiger partial charge in [-0.05, 0) is 18.1 Å². The van der Waals surface area contributed by atoms with Gasteiger partial charge in [0, 0.05) is 6.20 Å². The monoisotopic (exact) mass is 290 g/mol. The van der Waals surface area contributed by atoms with Crippen molar-refractivity contribution in [2.45, 2.75) is 19.4 Å². The molecule has 0 aliphatic rings. The number of carbonyl (C=O) groups is 1. The smallest absolute Gasteiger partial charge is 0.337 e. The van der Waals surface area contributed by atoms with Crippen LogP contribution in [-0.2, 0) is 0 Å². The fourth-order valence-electron chi connectivity index (χ4n) is 1.93. The Balaban J connectivity index is 2.22. The maximum atomic E-state index is 10.8. The number of aromatic carboxylic acids is 1. The van der Waals surface area contributed by atoms with Gasteiger partial charge in [0.25, 0.3) is 0 Å². The Bertz CT molecular complexity index is 602. The van der Waals surface area contributed by atoms with Gasteiger partial charge in [-0.3, -0.25) is 0 Å². The Morgan fingerprint density at radius 3 is 2.65 bits per heavy atom. The molecule has 2 aromatic rings. The first kappa shape index (κ1) is 14.3. The fourth-order valence-corrected chi connectivity index (χ4v) is 2.15. The highest BCUT2D eigenvalue weighted by atomic mass is 35.5. The third-order valence-electron chi connectivity index (χ3n) is 3.01. The van der Waals surface area contributed by atoms with Crippen molar-refractivity contribution in [2.75, 3.05) is 5.32 Å². The van der Waals surface area contributed by atoms with Gasteiger partial charge in [-0.15, -0.1) is 0 Å². The van der Waals surface area contributed by atoms with E-state index >= 15 is 0 Å². The van der Waals surface area contributed by atoms with Gasteiger partial charge in [-0.2, -0.15) is 0 Å². The number of anilines is 1. The molecule has 1 atom stereocenters. The van der Waals surface area contributed by atoms with E-state index in [2.05, 4.69) is 17.2 Å². The van der Waals surface area contributed by atoms with E-state index in [1.165, 1.54) is 12.3 Å². The van der Waals surface area contributed by atoms with Gasteiger partial charge in [0.05, 0.1) is 16.6 Å². The van der Waals surface area contributed by atoms with Gasteiger partial charge < -0.3 is 10.4 Å². The number of hydrogen-bond donors (Lipinski definition) is 2. The molecule has 20 heavy (non-hydrogen) atoms. The van der Waals surface area contributed by atoms with Gasteiger partial charge in [0.1, 0.15) is 5.82 Å². The highest BCUT2D eigenvalue weighted by Crippen LogP contribution is 2.26. The second kappa shape index (κ2) is 6.39. The van der Waals surface area contributed by atoms with Crippen molar-refractivity contribution in [3.8, 4) is 0 Å². The first-order chi connectivity index (χ1) is 9.61. The van der Waals surface area contributed by atoms with Crippen LogP contribution in [0.25, 0.3) is 0 Å². The van der Waals surface area contributed by atoms with Crippen LogP contribution in [0.5, 0.6) is 0 Å². The van der Waals surface area contributed by atoms with E-state index in [9.17, 15) is 4.79 Å². The lowest BCUT2D eigenvalue weighted by molar-refractivity contribution is 0.0696. The van der Waals surface area contributed by atoms with E-state index in [0.717, 1.165) is 12.0 Å². The maximum absolute atomic E-state index is 10.8. The number of halogens is 1. The van der Waals surface area contributed by atoms with Crippen molar-refractivity contribution >= 4 is 23.4 Å². The summed E-state index contributed by atoms with van der Waals surface area (Å²) in [6.07, 6.45) is 2.16. The predicted octanol–water partition coefficient (Wildman–Crippen LogP) is 4.00. The number of benzene rings is 1. The Hall–Kier alpha value is -2.07. The lowest BCUT2D eigenvalue weighted by atomic mass is 10.0. The summed E-state index contributed by atoms with van der Waals surface area (Å²) >= 11 is 6.07. The van der Waals surface area contributed by atoms with Crippen molar-refractivity contribution in [3.05, 3.63) is 58.7 Å². The average Bonchev–Trinajstić information content (AvgIpc) is 2.46. The number of aromatic nitrogens is 1. The average molecular weight is 291 g/mol. The van der Waals surface area contributed by atoms with Crippen molar-refractivity contribution in [3.63, 3.8) is 0 Å². The third-order valence-corrected chi connectivity index (χ3v) is 3.30. The maximum Gasteiger partial charge on any atom is 0.337 e. The molecule has 104 valence electrons. The Kier molecular flexibility index (Phi) is 4.58. The first-order valence-corrected chi connectivity index (χ1v) is 6.70. The van der Waals surface area contributed by atoms with Crippen molar-refractivity contribution in [1.29, 1.82) is 0 Å². The van der Waals surface area contributed by atoms with E-state index in [4.69, 9.17) is 16.7 Å². The Labute approximate surface area is 122 Å². The van der Waals surface area contributed by atoms with E-state index in [-0.39, 0.29) is 11.6 Å². The van der Waals surface area contributed by atoms with Crippen LogP contribution in [0.2, 0.25) is 5.02 Å². The molecule has 0 saturated heterocycles. The molecule has 0 fully saturated rings. The number of hydrogen-bond acceptors (Lipinski definition) is 3. The summed E-state index contributed by atoms with van der Waals surface area (Å²) in [4.78, 5) is 14.9. The fraction of sp³-hybridized carbons (Fsp3) is 0.200. The van der Waals surface area contributed by atoms with Crippen LogP contribution in [-0.4, -0.2) is 16.1 Å². The number of nitrogens with one attached hydrogen (secondary N) is 1. The molecule has 0 saturated carbocycles. The summed E-state index contributed by atoms with van der Waals surface area (Å²) in [6.45, 7) is 2.06. The largest absolute Gasteiger partial charge is 0.478 e. The van der Waals surface area contributed by atoms with Gasteiger partial charge in [-0.1, -0.05) is 48.9 Å². The van der Waals surface area contributed by atoms with E-state index in [0.29, 0.717) is 10.8 Å². The van der Waals surface area contributed by atoms with Gasteiger partial charge >= 0.3 is 5.97 Å². The Morgan fingerprint density at radius 2 is 2.10 bits per heavy atom. The molecule has 4 nitrogen and oxygen atoms in total. The highest BCUT2D eigenvalue weighted by molar-refractivity contribution is 6.33. The Morgan fingerprint density at radius 1 is 1.40 bits per heavy atom. The third kappa shape index (κ3) is 3.27. The SMILES string of the molecule is CCC(Nc1ncc(C(=O)O)cc1Cl)c1ccccc1. The predicted molar refractivity (Wildman–Crippen MR) is 79.3 cm³/mol. The molecule has 5 heteroatoms. The first-order valence-electron chi connectivity index (χ1n) is 6.32. The topological polar surface area (TPSA) is 62.2 Å². The zero-order valence-corrected chi connectivity index (χ0v) is 11.8. The molecular weight excluding hydrogens is 276 g/mol. The van der Waals surface area contributed by atoms with Crippen molar-refractivity contribution in [2.24, 2.45) is 0 Å². The molecule has 2 N–H and O–H groups in total. The molecule has 0 bridgehead atoms. The lowest BCUT2D eigenvalue weighted by Gasteiger charge is -2.18. The second-order valence-corrected chi connectivity index (χ2v) is 4.78. The highest BCUT2D eigenvalue weighted by Gasteiger charge is 2.13. The number of carboxylic acids is 1. The van der Waals surface area contributed by atoms with Crippen LogP contribution < -0.4 is 5.32 Å². The van der Waals surface area contributed by atoms with Crippen molar-refractivity contribution in [1.82, 2.24) is 4.98 Å². The molecule has 0 spiro atoms. The number of rotatable bonds is 5. The molecule has 1 heterocycles. The molecular formula is C15H15ClN2O2. The van der Waals surface area contributed by atoms with Gasteiger partial charge in [0.15, 0.2) is 0 Å². The molecule has 1 unspecified atom stereocenters. The molecule has 2 rings (SSSR count). The molecule has 1 aromatic heterocycles. The zero-order valence-electron chi connectivity index (χ0n) is 11.0. The van der Waals surface area contributed by atoms with Gasteiger partial charge in [-0.25, -0.2) is 9.78 Å². The summed E-state index contributed by atoms with van der Waals surface area (Å²) in [5.41, 5.74) is 1.21. The van der Waals surface area contributed by atoms with Gasteiger partial charge in [0.2, 0.25) is 0 Å². The van der Waals surface area contributed by atoms with Crippen LogP contribution in [0.1, 0.15) is 35.3 Å². The van der Waals surface area contributed by atoms with E-state index in [1.54, 1.807) is 0 Å². The minimum Gasteiger partial charge on any atom is -0.478 e. The van der Waals surface area contributed by atoms with Crippen LogP contribution in [0.15, 0.2) is 42.6 Å². The molecule has 1 aromatic carbocycles. The minimum absolute atomic E-state index is 0.0771. The minimum atomic E-state index is -1.04. The number of carboxylic acid groups (broad SMARTS) is 1. The summed E-state index contributed by atoms with van der Waals surface area (Å²) in [5.74, 6) is -0.548. The van der Waals surface area contributed by atoms with Crippen LogP contribution in [0.4, 0.5) is 5.82 Å². The van der Waals surface area contributed by atoms with E-state index in [1.807, 2.05) is 30.3 Å². The molecule has 0 amide bonds. The van der Waals surface area contributed by atoms with Crippen LogP contribution >= 0.6 is 11.6 Å². The molecule has 0 aliphatic carbocycles. The number of nitrogens with zero attached hydrogens (tertiary/aromatic N) is 1. The summed E-state index contributed by atoms with van der Waals surface area (Å²) in [5, 5.41) is 12.4. The lowest BCUT2D eigenvalue weighted by Crippen LogP contribution is -2.11. The second-order valence-electron chi connectivity index (χ2n) is 4.38.